The van der Waals surface area contributed by atoms with Crippen LogP contribution < -0.4 is 5.32 Å². The van der Waals surface area contributed by atoms with Crippen molar-refractivity contribution in [3.8, 4) is 0 Å². The molecule has 33 heavy (non-hydrogen) atoms. The third-order valence-corrected chi connectivity index (χ3v) is 7.14. The van der Waals surface area contributed by atoms with Crippen molar-refractivity contribution in [2.75, 3.05) is 40.3 Å². The molecule has 9 nitrogen and oxygen atoms in total. The SMILES string of the molecule is Cc1noc(C)c1CC(=O)N1CCC([C@]2(CCC(C)C)NC(=O)N(CCN(C)C)C2=O)CC1. The van der Waals surface area contributed by atoms with Gasteiger partial charge in [0.15, 0.2) is 0 Å². The van der Waals surface area contributed by atoms with Crippen molar-refractivity contribution in [3.63, 3.8) is 0 Å². The Kier molecular flexibility index (Phi) is 7.82. The van der Waals surface area contributed by atoms with Crippen LogP contribution in [0.25, 0.3) is 0 Å². The molecule has 0 aliphatic carbocycles. The number of likely N-dealkylation sites (N-methyl/N-ethyl adjacent to an activating group) is 1. The fraction of sp³-hybridized carbons (Fsp3) is 0.750. The smallest absolute Gasteiger partial charge is 0.325 e. The van der Waals surface area contributed by atoms with Gasteiger partial charge in [0.25, 0.3) is 5.91 Å². The second-order valence-electron chi connectivity index (χ2n) is 10.2. The molecule has 184 valence electrons. The topological polar surface area (TPSA) is 99.0 Å². The molecule has 3 rings (SSSR count). The van der Waals surface area contributed by atoms with E-state index in [4.69, 9.17) is 4.52 Å². The minimum Gasteiger partial charge on any atom is -0.361 e. The standard InChI is InChI=1S/C24H39N5O4/c1-16(2)7-10-24(22(31)29(23(32)25-24)14-13-27(5)6)19-8-11-28(12-9-19)21(30)15-20-17(3)26-33-18(20)4/h16,19H,7-15H2,1-6H3,(H,25,32)/t24-/m0/s1. The summed E-state index contributed by atoms with van der Waals surface area (Å²) in [6.45, 7) is 10.1. The van der Waals surface area contributed by atoms with Gasteiger partial charge in [0, 0.05) is 31.7 Å². The summed E-state index contributed by atoms with van der Waals surface area (Å²) >= 11 is 0. The molecule has 1 N–H and O–H groups in total. The van der Waals surface area contributed by atoms with E-state index in [9.17, 15) is 14.4 Å². The summed E-state index contributed by atoms with van der Waals surface area (Å²) in [5.74, 6) is 1.07. The molecule has 4 amide bonds. The van der Waals surface area contributed by atoms with Crippen LogP contribution in [0.5, 0.6) is 0 Å². The van der Waals surface area contributed by atoms with Crippen molar-refractivity contribution in [1.82, 2.24) is 25.2 Å². The van der Waals surface area contributed by atoms with Crippen LogP contribution in [0.3, 0.4) is 0 Å². The van der Waals surface area contributed by atoms with E-state index < -0.39 is 5.54 Å². The first-order valence-corrected chi connectivity index (χ1v) is 12.0. The average Bonchev–Trinajstić information content (AvgIpc) is 3.21. The van der Waals surface area contributed by atoms with Crippen LogP contribution in [0.15, 0.2) is 4.52 Å². The van der Waals surface area contributed by atoms with E-state index in [-0.39, 0.29) is 30.2 Å². The fourth-order valence-electron chi connectivity index (χ4n) is 4.95. The van der Waals surface area contributed by atoms with Crippen molar-refractivity contribution in [3.05, 3.63) is 17.0 Å². The zero-order valence-electron chi connectivity index (χ0n) is 20.9. The van der Waals surface area contributed by atoms with Crippen molar-refractivity contribution in [1.29, 1.82) is 0 Å². The predicted octanol–water partition coefficient (Wildman–Crippen LogP) is 2.36. The van der Waals surface area contributed by atoms with Crippen LogP contribution in [-0.2, 0) is 16.0 Å². The van der Waals surface area contributed by atoms with Crippen LogP contribution >= 0.6 is 0 Å². The number of aromatic nitrogens is 1. The Hall–Kier alpha value is -2.42. The van der Waals surface area contributed by atoms with Gasteiger partial charge in [-0.15, -0.1) is 0 Å². The molecule has 3 heterocycles. The van der Waals surface area contributed by atoms with Crippen LogP contribution in [-0.4, -0.2) is 83.5 Å². The summed E-state index contributed by atoms with van der Waals surface area (Å²) in [4.78, 5) is 44.5. The maximum Gasteiger partial charge on any atom is 0.325 e. The number of amides is 4. The van der Waals surface area contributed by atoms with Gasteiger partial charge in [0.2, 0.25) is 5.91 Å². The quantitative estimate of drug-likeness (QED) is 0.567. The Morgan fingerprint density at radius 3 is 2.45 bits per heavy atom. The summed E-state index contributed by atoms with van der Waals surface area (Å²) in [6.07, 6.45) is 3.15. The first kappa shape index (κ1) is 25.2. The number of carbonyl (C=O) groups excluding carboxylic acids is 3. The summed E-state index contributed by atoms with van der Waals surface area (Å²) in [7, 11) is 3.86. The van der Waals surface area contributed by atoms with E-state index >= 15 is 0 Å². The van der Waals surface area contributed by atoms with Gasteiger partial charge in [-0.05, 0) is 65.5 Å². The lowest BCUT2D eigenvalue weighted by molar-refractivity contribution is -0.136. The number of piperidine rings is 1. The average molecular weight is 462 g/mol. The molecule has 1 aromatic heterocycles. The van der Waals surface area contributed by atoms with Crippen LogP contribution in [0, 0.1) is 25.7 Å². The molecule has 2 aliphatic rings. The molecule has 0 saturated carbocycles. The lowest BCUT2D eigenvalue weighted by atomic mass is 9.73. The van der Waals surface area contributed by atoms with E-state index in [1.807, 2.05) is 37.7 Å². The first-order valence-electron chi connectivity index (χ1n) is 12.0. The van der Waals surface area contributed by atoms with Crippen LogP contribution in [0.2, 0.25) is 0 Å². The molecule has 0 radical (unpaired) electrons. The van der Waals surface area contributed by atoms with Crippen molar-refractivity contribution in [2.45, 2.75) is 65.3 Å². The Labute approximate surface area is 196 Å². The summed E-state index contributed by atoms with van der Waals surface area (Å²) in [5.41, 5.74) is 0.732. The van der Waals surface area contributed by atoms with E-state index in [0.29, 0.717) is 57.1 Å². The number of nitrogens with one attached hydrogen (secondary N) is 1. The minimum absolute atomic E-state index is 0.0140. The number of aryl methyl sites for hydroxylation is 2. The number of carbonyl (C=O) groups is 3. The fourth-order valence-corrected chi connectivity index (χ4v) is 4.95. The van der Waals surface area contributed by atoms with E-state index in [1.54, 1.807) is 0 Å². The monoisotopic (exact) mass is 461 g/mol. The Morgan fingerprint density at radius 2 is 1.91 bits per heavy atom. The second-order valence-corrected chi connectivity index (χ2v) is 10.2. The van der Waals surface area contributed by atoms with Gasteiger partial charge in [-0.25, -0.2) is 4.79 Å². The zero-order chi connectivity index (χ0) is 24.3. The number of likely N-dealkylation sites (tertiary alicyclic amines) is 1. The molecule has 0 aromatic carbocycles. The molecule has 0 spiro atoms. The number of hydrogen-bond acceptors (Lipinski definition) is 6. The predicted molar refractivity (Wildman–Crippen MR) is 125 cm³/mol. The highest BCUT2D eigenvalue weighted by molar-refractivity contribution is 6.07. The van der Waals surface area contributed by atoms with Crippen molar-refractivity contribution in [2.24, 2.45) is 11.8 Å². The van der Waals surface area contributed by atoms with Gasteiger partial charge < -0.3 is 19.6 Å². The summed E-state index contributed by atoms with van der Waals surface area (Å²) in [6, 6.07) is -0.289. The number of hydrogen-bond donors (Lipinski definition) is 1. The first-order chi connectivity index (χ1) is 15.5. The number of imide groups is 1. The minimum atomic E-state index is -0.871. The molecule has 1 aromatic rings. The maximum absolute atomic E-state index is 13.6. The normalized spacial score (nSPS) is 22.1. The lowest BCUT2D eigenvalue weighted by Gasteiger charge is -2.41. The second kappa shape index (κ2) is 10.2. The highest BCUT2D eigenvalue weighted by Gasteiger charge is 2.55. The van der Waals surface area contributed by atoms with E-state index in [1.165, 1.54) is 4.90 Å². The van der Waals surface area contributed by atoms with Crippen LogP contribution in [0.1, 0.15) is 56.5 Å². The Balaban J connectivity index is 1.70. The van der Waals surface area contributed by atoms with Gasteiger partial charge in [0.1, 0.15) is 11.3 Å². The van der Waals surface area contributed by atoms with Crippen molar-refractivity contribution < 1.29 is 18.9 Å². The highest BCUT2D eigenvalue weighted by Crippen LogP contribution is 2.38. The summed E-state index contributed by atoms with van der Waals surface area (Å²) in [5, 5.41) is 7.05. The van der Waals surface area contributed by atoms with Gasteiger partial charge in [-0.3, -0.25) is 14.5 Å². The molecule has 0 bridgehead atoms. The third kappa shape index (κ3) is 5.39. The molecule has 2 saturated heterocycles. The molecular weight excluding hydrogens is 422 g/mol. The van der Waals surface area contributed by atoms with E-state index in [0.717, 1.165) is 17.7 Å². The lowest BCUT2D eigenvalue weighted by Crippen LogP contribution is -2.57. The van der Waals surface area contributed by atoms with Crippen LogP contribution in [0.4, 0.5) is 4.79 Å². The zero-order valence-corrected chi connectivity index (χ0v) is 20.9. The van der Waals surface area contributed by atoms with E-state index in [2.05, 4.69) is 24.3 Å². The van der Waals surface area contributed by atoms with Gasteiger partial charge in [-0.2, -0.15) is 0 Å². The summed E-state index contributed by atoms with van der Waals surface area (Å²) < 4.78 is 5.19. The number of urea groups is 1. The highest BCUT2D eigenvalue weighted by atomic mass is 16.5. The Morgan fingerprint density at radius 1 is 1.24 bits per heavy atom. The molecule has 1 atom stereocenters. The molecule has 2 aliphatic heterocycles. The third-order valence-electron chi connectivity index (χ3n) is 7.14. The molecule has 9 heteroatoms. The Bertz CT molecular complexity index is 853. The van der Waals surface area contributed by atoms with Gasteiger partial charge >= 0.3 is 6.03 Å². The molecule has 0 unspecified atom stereocenters. The van der Waals surface area contributed by atoms with Gasteiger partial charge in [-0.1, -0.05) is 19.0 Å². The molecular formula is C24H39N5O4. The van der Waals surface area contributed by atoms with Crippen molar-refractivity contribution >= 4 is 17.8 Å². The molecule has 2 fully saturated rings. The van der Waals surface area contributed by atoms with Gasteiger partial charge in [0.05, 0.1) is 12.1 Å². The maximum atomic E-state index is 13.6. The number of nitrogens with zero attached hydrogens (tertiary/aromatic N) is 4. The largest absolute Gasteiger partial charge is 0.361 e. The number of rotatable bonds is 9.